The summed E-state index contributed by atoms with van der Waals surface area (Å²) in [6.45, 7) is 1.26. The van der Waals surface area contributed by atoms with Gasteiger partial charge in [0.05, 0.1) is 4.90 Å². The lowest BCUT2D eigenvalue weighted by Gasteiger charge is -2.31. The fourth-order valence-electron chi connectivity index (χ4n) is 3.33. The van der Waals surface area contributed by atoms with E-state index in [4.69, 9.17) is 0 Å². The van der Waals surface area contributed by atoms with Crippen molar-refractivity contribution in [1.29, 1.82) is 0 Å². The number of sulfonamides is 1. The molecule has 0 radical (unpaired) electrons. The van der Waals surface area contributed by atoms with Gasteiger partial charge in [0.25, 0.3) is 10.0 Å². The van der Waals surface area contributed by atoms with E-state index in [1.807, 2.05) is 47.4 Å². The van der Waals surface area contributed by atoms with Crippen LogP contribution in [-0.2, 0) is 23.0 Å². The van der Waals surface area contributed by atoms with Crippen molar-refractivity contribution in [1.82, 2.24) is 4.90 Å². The molecule has 3 aromatic rings. The van der Waals surface area contributed by atoms with Gasteiger partial charge >= 0.3 is 0 Å². The number of hydrogen-bond donors (Lipinski definition) is 0. The van der Waals surface area contributed by atoms with E-state index in [-0.39, 0.29) is 17.3 Å². The number of fused-ring (bicyclic) bond motifs is 1. The Morgan fingerprint density at radius 1 is 0.862 bits per heavy atom. The van der Waals surface area contributed by atoms with Gasteiger partial charge in [-0.2, -0.15) is 8.42 Å². The first kappa shape index (κ1) is 21.0. The lowest BCUT2D eigenvalue weighted by Crippen LogP contribution is -2.37. The maximum absolute atomic E-state index is 13.2. The fourth-order valence-corrected chi connectivity index (χ4v) is 4.36. The van der Waals surface area contributed by atoms with Crippen molar-refractivity contribution in [2.24, 2.45) is 4.40 Å². The Kier molecular flexibility index (Phi) is 6.35. The van der Waals surface area contributed by atoms with Gasteiger partial charge < -0.3 is 4.90 Å². The molecule has 0 fully saturated rings. The predicted molar refractivity (Wildman–Crippen MR) is 114 cm³/mol. The Labute approximate surface area is 176 Å². The number of benzene rings is 3. The molecular weight excluding hydrogens is 411 g/mol. The van der Waals surface area contributed by atoms with Gasteiger partial charge in [-0.25, -0.2) is 4.39 Å². The van der Waals surface area contributed by atoms with Crippen LogP contribution < -0.4 is 0 Å². The van der Waals surface area contributed by atoms with E-state index in [9.17, 15) is 12.8 Å². The van der Waals surface area contributed by atoms with Crippen molar-refractivity contribution in [3.8, 4) is 0 Å². The molecular formula is C22H20ClFN2O2S. The Hall–Kier alpha value is -2.70. The summed E-state index contributed by atoms with van der Waals surface area (Å²) in [5, 5.41) is 0. The molecule has 3 aromatic carbocycles. The first-order valence-electron chi connectivity index (χ1n) is 9.01. The molecule has 0 aliphatic carbocycles. The number of amidine groups is 1. The van der Waals surface area contributed by atoms with Gasteiger partial charge in [-0.3, -0.25) is 0 Å². The average Bonchev–Trinajstić information content (AvgIpc) is 2.73. The second kappa shape index (κ2) is 8.76. The molecule has 1 heterocycles. The van der Waals surface area contributed by atoms with E-state index in [1.165, 1.54) is 17.7 Å². The van der Waals surface area contributed by atoms with E-state index in [1.54, 1.807) is 0 Å². The summed E-state index contributed by atoms with van der Waals surface area (Å²) in [6.07, 6.45) is 0.818. The van der Waals surface area contributed by atoms with Crippen molar-refractivity contribution < 1.29 is 12.8 Å². The van der Waals surface area contributed by atoms with E-state index < -0.39 is 15.8 Å². The zero-order valence-corrected chi connectivity index (χ0v) is 17.2. The summed E-state index contributed by atoms with van der Waals surface area (Å²) in [5.41, 5.74) is 3.16. The van der Waals surface area contributed by atoms with Gasteiger partial charge in [-0.05, 0) is 41.8 Å². The molecule has 150 valence electrons. The second-order valence-electron chi connectivity index (χ2n) is 6.65. The molecule has 4 nitrogen and oxygen atoms in total. The molecule has 0 aromatic heterocycles. The SMILES string of the molecule is Cl.O=S(=O)(/N=C(\c1ccccc1)N1CCc2ccccc2C1)c1ccc(F)cc1. The molecule has 0 N–H and O–H groups in total. The quantitative estimate of drug-likeness (QED) is 0.456. The minimum atomic E-state index is -3.97. The zero-order valence-electron chi connectivity index (χ0n) is 15.5. The summed E-state index contributed by atoms with van der Waals surface area (Å²) in [6, 6.07) is 22.2. The summed E-state index contributed by atoms with van der Waals surface area (Å²) in [7, 11) is -3.97. The second-order valence-corrected chi connectivity index (χ2v) is 8.25. The Morgan fingerprint density at radius 2 is 1.48 bits per heavy atom. The number of halogens is 2. The van der Waals surface area contributed by atoms with Gasteiger partial charge in [-0.15, -0.1) is 16.8 Å². The van der Waals surface area contributed by atoms with Crippen molar-refractivity contribution >= 4 is 28.3 Å². The fraction of sp³-hybridized carbons (Fsp3) is 0.136. The average molecular weight is 431 g/mol. The lowest BCUT2D eigenvalue weighted by molar-refractivity contribution is 0.395. The van der Waals surface area contributed by atoms with Crippen LogP contribution in [0.15, 0.2) is 88.2 Å². The minimum absolute atomic E-state index is 0. The molecule has 0 spiro atoms. The molecule has 0 amide bonds. The van der Waals surface area contributed by atoms with Crippen LogP contribution in [0.5, 0.6) is 0 Å². The maximum Gasteiger partial charge on any atom is 0.284 e. The first-order chi connectivity index (χ1) is 13.5. The van der Waals surface area contributed by atoms with Gasteiger partial charge in [-0.1, -0.05) is 54.6 Å². The summed E-state index contributed by atoms with van der Waals surface area (Å²) in [4.78, 5) is 1.96. The van der Waals surface area contributed by atoms with Crippen LogP contribution in [0.4, 0.5) is 4.39 Å². The number of hydrogen-bond acceptors (Lipinski definition) is 2. The largest absolute Gasteiger partial charge is 0.351 e. The normalized spacial score (nSPS) is 14.1. The molecule has 1 aliphatic rings. The van der Waals surface area contributed by atoms with E-state index in [0.29, 0.717) is 18.9 Å². The molecule has 7 heteroatoms. The molecule has 29 heavy (non-hydrogen) atoms. The zero-order chi connectivity index (χ0) is 19.6. The van der Waals surface area contributed by atoms with Crippen LogP contribution in [0.3, 0.4) is 0 Å². The van der Waals surface area contributed by atoms with Crippen LogP contribution in [0.25, 0.3) is 0 Å². The highest BCUT2D eigenvalue weighted by Crippen LogP contribution is 2.23. The van der Waals surface area contributed by atoms with Crippen LogP contribution in [0.1, 0.15) is 16.7 Å². The van der Waals surface area contributed by atoms with Crippen molar-refractivity contribution in [2.45, 2.75) is 17.9 Å². The first-order valence-corrected chi connectivity index (χ1v) is 10.4. The van der Waals surface area contributed by atoms with E-state index in [2.05, 4.69) is 16.5 Å². The minimum Gasteiger partial charge on any atom is -0.351 e. The Morgan fingerprint density at radius 3 is 2.17 bits per heavy atom. The number of rotatable bonds is 3. The lowest BCUT2D eigenvalue weighted by atomic mass is 9.99. The van der Waals surface area contributed by atoms with Crippen LogP contribution >= 0.6 is 12.4 Å². The van der Waals surface area contributed by atoms with Crippen LogP contribution in [0, 0.1) is 5.82 Å². The summed E-state index contributed by atoms with van der Waals surface area (Å²) < 4.78 is 43.1. The summed E-state index contributed by atoms with van der Waals surface area (Å²) >= 11 is 0. The van der Waals surface area contributed by atoms with Gasteiger partial charge in [0.1, 0.15) is 11.7 Å². The number of nitrogens with zero attached hydrogens (tertiary/aromatic N) is 2. The smallest absolute Gasteiger partial charge is 0.284 e. The Bertz CT molecular complexity index is 1120. The van der Waals surface area contributed by atoms with Gasteiger partial charge in [0.15, 0.2) is 0 Å². The van der Waals surface area contributed by atoms with Crippen LogP contribution in [0.2, 0.25) is 0 Å². The topological polar surface area (TPSA) is 49.7 Å². The highest BCUT2D eigenvalue weighted by Gasteiger charge is 2.23. The predicted octanol–water partition coefficient (Wildman–Crippen LogP) is 4.44. The van der Waals surface area contributed by atoms with Gasteiger partial charge in [0.2, 0.25) is 0 Å². The molecule has 0 bridgehead atoms. The third-order valence-corrected chi connectivity index (χ3v) is 6.06. The molecule has 0 saturated carbocycles. The van der Waals surface area contributed by atoms with E-state index >= 15 is 0 Å². The van der Waals surface area contributed by atoms with Gasteiger partial charge in [0, 0.05) is 18.7 Å². The monoisotopic (exact) mass is 430 g/mol. The molecule has 1 aliphatic heterocycles. The van der Waals surface area contributed by atoms with Crippen molar-refractivity contribution in [3.05, 3.63) is 101 Å². The Balaban J connectivity index is 0.00000240. The van der Waals surface area contributed by atoms with Crippen molar-refractivity contribution in [2.75, 3.05) is 6.54 Å². The standard InChI is InChI=1S/C22H19FN2O2S.ClH/c23-20-10-12-21(13-11-20)28(26,27)24-22(18-7-2-1-3-8-18)25-15-14-17-6-4-5-9-19(17)16-25;/h1-13H,14-16H2;1H/b24-22+;. The molecule has 0 unspecified atom stereocenters. The van der Waals surface area contributed by atoms with Crippen LogP contribution in [-0.4, -0.2) is 25.7 Å². The van der Waals surface area contributed by atoms with E-state index in [0.717, 1.165) is 29.7 Å². The summed E-state index contributed by atoms with van der Waals surface area (Å²) in [5.74, 6) is -0.0849. The maximum atomic E-state index is 13.2. The molecule has 0 saturated heterocycles. The molecule has 0 atom stereocenters. The molecule has 4 rings (SSSR count). The highest BCUT2D eigenvalue weighted by molar-refractivity contribution is 7.90. The highest BCUT2D eigenvalue weighted by atomic mass is 35.5. The van der Waals surface area contributed by atoms with Crippen molar-refractivity contribution in [3.63, 3.8) is 0 Å². The third kappa shape index (κ3) is 4.66. The third-order valence-electron chi connectivity index (χ3n) is 4.78.